The molecule has 2 aromatic rings. The SMILES string of the molecule is Cc1[nH]nc2ncc(C(=O)N3CCC[C@@H]3C(=O)O)cc12. The smallest absolute Gasteiger partial charge is 0.326 e. The van der Waals surface area contributed by atoms with Gasteiger partial charge in [0, 0.05) is 23.8 Å². The van der Waals surface area contributed by atoms with Crippen LogP contribution in [0.4, 0.5) is 0 Å². The van der Waals surface area contributed by atoms with Gasteiger partial charge in [-0.1, -0.05) is 0 Å². The molecule has 3 heterocycles. The molecule has 1 atom stereocenters. The van der Waals surface area contributed by atoms with Crippen molar-refractivity contribution in [1.29, 1.82) is 0 Å². The van der Waals surface area contributed by atoms with Crippen LogP contribution in [0.5, 0.6) is 0 Å². The summed E-state index contributed by atoms with van der Waals surface area (Å²) in [5, 5.41) is 16.7. The zero-order valence-electron chi connectivity index (χ0n) is 11.0. The number of hydrogen-bond acceptors (Lipinski definition) is 4. The summed E-state index contributed by atoms with van der Waals surface area (Å²) in [6, 6.07) is 0.976. The molecule has 0 aliphatic carbocycles. The lowest BCUT2D eigenvalue weighted by Gasteiger charge is -2.21. The molecule has 0 saturated carbocycles. The number of aliphatic carboxylic acids is 1. The minimum absolute atomic E-state index is 0.287. The Balaban J connectivity index is 1.95. The Hall–Kier alpha value is -2.44. The highest BCUT2D eigenvalue weighted by Gasteiger charge is 2.34. The Morgan fingerprint density at radius 3 is 3.05 bits per heavy atom. The van der Waals surface area contributed by atoms with Crippen molar-refractivity contribution in [2.75, 3.05) is 6.54 Å². The minimum atomic E-state index is -0.954. The molecular weight excluding hydrogens is 260 g/mol. The molecule has 0 bridgehead atoms. The predicted molar refractivity (Wildman–Crippen MR) is 70.3 cm³/mol. The van der Waals surface area contributed by atoms with E-state index in [9.17, 15) is 9.59 Å². The number of likely N-dealkylation sites (tertiary alicyclic amines) is 1. The fraction of sp³-hybridized carbons (Fsp3) is 0.385. The molecular formula is C13H14N4O3. The van der Waals surface area contributed by atoms with Crippen LogP contribution in [0.1, 0.15) is 28.9 Å². The van der Waals surface area contributed by atoms with Crippen molar-refractivity contribution >= 4 is 22.9 Å². The van der Waals surface area contributed by atoms with Crippen molar-refractivity contribution in [3.05, 3.63) is 23.5 Å². The van der Waals surface area contributed by atoms with Crippen LogP contribution in [-0.2, 0) is 4.79 Å². The van der Waals surface area contributed by atoms with E-state index in [2.05, 4.69) is 15.2 Å². The van der Waals surface area contributed by atoms with Gasteiger partial charge >= 0.3 is 5.97 Å². The number of fused-ring (bicyclic) bond motifs is 1. The van der Waals surface area contributed by atoms with Crippen LogP contribution in [0.25, 0.3) is 11.0 Å². The molecule has 1 fully saturated rings. The van der Waals surface area contributed by atoms with Crippen molar-refractivity contribution in [2.45, 2.75) is 25.8 Å². The molecule has 20 heavy (non-hydrogen) atoms. The fourth-order valence-electron chi connectivity index (χ4n) is 2.57. The molecule has 1 aliphatic rings. The molecule has 0 spiro atoms. The van der Waals surface area contributed by atoms with Gasteiger partial charge in [-0.15, -0.1) is 0 Å². The largest absolute Gasteiger partial charge is 0.480 e. The van der Waals surface area contributed by atoms with Gasteiger partial charge in [0.25, 0.3) is 5.91 Å². The van der Waals surface area contributed by atoms with E-state index >= 15 is 0 Å². The van der Waals surface area contributed by atoms with Gasteiger partial charge in [-0.05, 0) is 25.8 Å². The van der Waals surface area contributed by atoms with Crippen molar-refractivity contribution < 1.29 is 14.7 Å². The highest BCUT2D eigenvalue weighted by Crippen LogP contribution is 2.22. The van der Waals surface area contributed by atoms with Gasteiger partial charge in [-0.3, -0.25) is 9.89 Å². The number of aryl methyl sites for hydroxylation is 1. The molecule has 7 nitrogen and oxygen atoms in total. The Bertz CT molecular complexity index is 694. The van der Waals surface area contributed by atoms with E-state index in [1.807, 2.05) is 6.92 Å². The number of rotatable bonds is 2. The summed E-state index contributed by atoms with van der Waals surface area (Å²) in [6.07, 6.45) is 2.66. The molecule has 0 radical (unpaired) electrons. The van der Waals surface area contributed by atoms with E-state index in [0.29, 0.717) is 30.6 Å². The van der Waals surface area contributed by atoms with E-state index in [0.717, 1.165) is 11.1 Å². The number of aromatic nitrogens is 3. The lowest BCUT2D eigenvalue weighted by molar-refractivity contribution is -0.141. The number of nitrogens with one attached hydrogen (secondary N) is 1. The molecule has 2 N–H and O–H groups in total. The van der Waals surface area contributed by atoms with E-state index in [-0.39, 0.29) is 5.91 Å². The summed E-state index contributed by atoms with van der Waals surface area (Å²) in [6.45, 7) is 2.32. The number of nitrogens with zero attached hydrogens (tertiary/aromatic N) is 3. The number of carboxylic acids is 1. The maximum absolute atomic E-state index is 12.4. The maximum atomic E-state index is 12.4. The first-order valence-electron chi connectivity index (χ1n) is 6.42. The number of amides is 1. The zero-order valence-corrected chi connectivity index (χ0v) is 11.0. The first-order valence-corrected chi connectivity index (χ1v) is 6.42. The summed E-state index contributed by atoms with van der Waals surface area (Å²) in [5.41, 5.74) is 1.78. The van der Waals surface area contributed by atoms with Gasteiger partial charge in [0.1, 0.15) is 6.04 Å². The van der Waals surface area contributed by atoms with Gasteiger partial charge in [-0.2, -0.15) is 5.10 Å². The third kappa shape index (κ3) is 1.91. The number of carboxylic acid groups (broad SMARTS) is 1. The topological polar surface area (TPSA) is 99.2 Å². The van der Waals surface area contributed by atoms with Gasteiger partial charge in [0.15, 0.2) is 5.65 Å². The van der Waals surface area contributed by atoms with Crippen molar-refractivity contribution in [1.82, 2.24) is 20.1 Å². The molecule has 1 amide bonds. The first kappa shape index (κ1) is 12.6. The Kier molecular flexibility index (Phi) is 2.89. The van der Waals surface area contributed by atoms with Crippen LogP contribution in [0.3, 0.4) is 0 Å². The van der Waals surface area contributed by atoms with Crippen molar-refractivity contribution in [2.24, 2.45) is 0 Å². The van der Waals surface area contributed by atoms with Crippen LogP contribution >= 0.6 is 0 Å². The predicted octanol–water partition coefficient (Wildman–Crippen LogP) is 0.956. The normalized spacial score (nSPS) is 18.6. The van der Waals surface area contributed by atoms with E-state index in [4.69, 9.17) is 5.11 Å². The van der Waals surface area contributed by atoms with Crippen LogP contribution in [0.15, 0.2) is 12.3 Å². The van der Waals surface area contributed by atoms with E-state index in [1.54, 1.807) is 6.07 Å². The van der Waals surface area contributed by atoms with Crippen LogP contribution < -0.4 is 0 Å². The molecule has 3 rings (SSSR count). The Labute approximate surface area is 114 Å². The maximum Gasteiger partial charge on any atom is 0.326 e. The van der Waals surface area contributed by atoms with Crippen molar-refractivity contribution in [3.63, 3.8) is 0 Å². The Morgan fingerprint density at radius 1 is 1.50 bits per heavy atom. The molecule has 7 heteroatoms. The molecule has 0 unspecified atom stereocenters. The average Bonchev–Trinajstić information content (AvgIpc) is 3.05. The zero-order chi connectivity index (χ0) is 14.3. The molecule has 0 aromatic carbocycles. The quantitative estimate of drug-likeness (QED) is 0.849. The van der Waals surface area contributed by atoms with Gasteiger partial charge in [0.05, 0.1) is 5.56 Å². The van der Waals surface area contributed by atoms with Crippen LogP contribution in [-0.4, -0.2) is 49.7 Å². The summed E-state index contributed by atoms with van der Waals surface area (Å²) in [7, 11) is 0. The third-order valence-electron chi connectivity index (χ3n) is 3.65. The van der Waals surface area contributed by atoms with Gasteiger partial charge in [0.2, 0.25) is 0 Å². The monoisotopic (exact) mass is 274 g/mol. The summed E-state index contributed by atoms with van der Waals surface area (Å²) < 4.78 is 0. The third-order valence-corrected chi connectivity index (χ3v) is 3.65. The standard InChI is InChI=1S/C13H14N4O3/c1-7-9-5-8(6-14-11(9)16-15-7)12(18)17-4-2-3-10(17)13(19)20/h5-6,10H,2-4H2,1H3,(H,19,20)(H,14,15,16)/t10-/m1/s1. The summed E-state index contributed by atoms with van der Waals surface area (Å²) in [4.78, 5) is 29.1. The lowest BCUT2D eigenvalue weighted by atomic mass is 10.1. The second-order valence-electron chi connectivity index (χ2n) is 4.94. The second-order valence-corrected chi connectivity index (χ2v) is 4.94. The van der Waals surface area contributed by atoms with Crippen LogP contribution in [0, 0.1) is 6.92 Å². The summed E-state index contributed by atoms with van der Waals surface area (Å²) >= 11 is 0. The van der Waals surface area contributed by atoms with Crippen molar-refractivity contribution in [3.8, 4) is 0 Å². The second kappa shape index (κ2) is 4.59. The lowest BCUT2D eigenvalue weighted by Crippen LogP contribution is -2.40. The number of pyridine rings is 1. The first-order chi connectivity index (χ1) is 9.58. The number of hydrogen-bond donors (Lipinski definition) is 2. The molecule has 2 aromatic heterocycles. The highest BCUT2D eigenvalue weighted by molar-refractivity contribution is 5.99. The molecule has 1 saturated heterocycles. The minimum Gasteiger partial charge on any atom is -0.480 e. The number of aromatic amines is 1. The number of carbonyl (C=O) groups excluding carboxylic acids is 1. The Morgan fingerprint density at radius 2 is 2.30 bits per heavy atom. The van der Waals surface area contributed by atoms with E-state index in [1.165, 1.54) is 11.1 Å². The number of H-pyrrole nitrogens is 1. The molecule has 1 aliphatic heterocycles. The fourth-order valence-corrected chi connectivity index (χ4v) is 2.57. The van der Waals surface area contributed by atoms with E-state index < -0.39 is 12.0 Å². The average molecular weight is 274 g/mol. The van der Waals surface area contributed by atoms with Gasteiger partial charge in [-0.25, -0.2) is 9.78 Å². The van der Waals surface area contributed by atoms with Crippen LogP contribution in [0.2, 0.25) is 0 Å². The molecule has 104 valence electrons. The number of carbonyl (C=O) groups is 2. The summed E-state index contributed by atoms with van der Waals surface area (Å²) in [5.74, 6) is -1.24. The van der Waals surface area contributed by atoms with Gasteiger partial charge < -0.3 is 10.0 Å². The highest BCUT2D eigenvalue weighted by atomic mass is 16.4.